The second kappa shape index (κ2) is 8.70. The van der Waals surface area contributed by atoms with E-state index in [9.17, 15) is 32.7 Å². The van der Waals surface area contributed by atoms with E-state index >= 15 is 0 Å². The number of aldehydes is 1. The van der Waals surface area contributed by atoms with E-state index in [-0.39, 0.29) is 18.5 Å². The first-order chi connectivity index (χ1) is 13.1. The molecule has 28 heavy (non-hydrogen) atoms. The SMILES string of the molecule is CN(C)CCn1cc(C(=O)NCc2c(F)cc(F)cc2F)c(=O)c(O)c1C=O. The molecular formula is C18H18F3N3O4. The van der Waals surface area contributed by atoms with Crippen LogP contribution in [0.4, 0.5) is 13.2 Å². The fourth-order valence-electron chi connectivity index (χ4n) is 2.45. The van der Waals surface area contributed by atoms with Crippen molar-refractivity contribution in [3.63, 3.8) is 0 Å². The molecule has 10 heteroatoms. The van der Waals surface area contributed by atoms with Crippen molar-refractivity contribution < 1.29 is 27.9 Å². The number of benzene rings is 1. The van der Waals surface area contributed by atoms with Crippen molar-refractivity contribution in [2.45, 2.75) is 13.1 Å². The van der Waals surface area contributed by atoms with Gasteiger partial charge >= 0.3 is 0 Å². The molecule has 150 valence electrons. The van der Waals surface area contributed by atoms with Crippen LogP contribution in [0.15, 0.2) is 23.1 Å². The molecule has 0 radical (unpaired) electrons. The minimum Gasteiger partial charge on any atom is -0.503 e. The first-order valence-corrected chi connectivity index (χ1v) is 8.13. The molecule has 0 unspecified atom stereocenters. The lowest BCUT2D eigenvalue weighted by Crippen LogP contribution is -2.31. The highest BCUT2D eigenvalue weighted by molar-refractivity contribution is 5.95. The second-order valence-corrected chi connectivity index (χ2v) is 6.25. The van der Waals surface area contributed by atoms with Gasteiger partial charge in [-0.05, 0) is 14.1 Å². The molecule has 2 aromatic rings. The lowest BCUT2D eigenvalue weighted by molar-refractivity contribution is 0.0946. The Bertz CT molecular complexity index is 950. The molecule has 0 spiro atoms. The Kier molecular flexibility index (Phi) is 6.57. The summed E-state index contributed by atoms with van der Waals surface area (Å²) in [6, 6.07) is 0.924. The summed E-state index contributed by atoms with van der Waals surface area (Å²) in [5, 5.41) is 12.1. The summed E-state index contributed by atoms with van der Waals surface area (Å²) in [5.41, 5.74) is -2.49. The predicted octanol–water partition coefficient (Wildman–Crippen LogP) is 1.28. The van der Waals surface area contributed by atoms with Crippen molar-refractivity contribution in [3.05, 3.63) is 62.8 Å². The number of carbonyl (C=O) groups excluding carboxylic acids is 2. The molecule has 1 heterocycles. The first-order valence-electron chi connectivity index (χ1n) is 8.13. The van der Waals surface area contributed by atoms with E-state index in [0.29, 0.717) is 18.7 Å². The van der Waals surface area contributed by atoms with E-state index in [4.69, 9.17) is 0 Å². The van der Waals surface area contributed by atoms with E-state index in [0.717, 1.165) is 6.20 Å². The van der Waals surface area contributed by atoms with E-state index in [1.165, 1.54) is 4.57 Å². The smallest absolute Gasteiger partial charge is 0.257 e. The number of aromatic hydroxyl groups is 1. The number of aromatic nitrogens is 1. The third-order valence-corrected chi connectivity index (χ3v) is 3.97. The standard InChI is InChI=1S/C18H18F3N3O4/c1-23(2)3-4-24-8-12(16(26)17(27)15(24)9-25)18(28)22-7-11-13(20)5-10(19)6-14(11)21/h5-6,8-9,27H,3-4,7H2,1-2H3,(H,22,28). The monoisotopic (exact) mass is 397 g/mol. The van der Waals surface area contributed by atoms with Gasteiger partial charge in [-0.25, -0.2) is 13.2 Å². The Hall–Kier alpha value is -3.14. The molecule has 1 amide bonds. The van der Waals surface area contributed by atoms with Crippen LogP contribution in [0.3, 0.4) is 0 Å². The van der Waals surface area contributed by atoms with Gasteiger partial charge in [-0.15, -0.1) is 0 Å². The second-order valence-electron chi connectivity index (χ2n) is 6.25. The van der Waals surface area contributed by atoms with Gasteiger partial charge in [-0.2, -0.15) is 0 Å². The van der Waals surface area contributed by atoms with E-state index in [2.05, 4.69) is 5.32 Å². The Morgan fingerprint density at radius 2 is 1.86 bits per heavy atom. The highest BCUT2D eigenvalue weighted by Gasteiger charge is 2.20. The molecule has 0 saturated heterocycles. The first kappa shape index (κ1) is 21.2. The third kappa shape index (κ3) is 4.58. The Morgan fingerprint density at radius 3 is 2.39 bits per heavy atom. The number of rotatable bonds is 7. The van der Waals surface area contributed by atoms with Crippen LogP contribution in [-0.4, -0.2) is 47.4 Å². The number of nitrogens with one attached hydrogen (secondary N) is 1. The lowest BCUT2D eigenvalue weighted by atomic mass is 10.1. The van der Waals surface area contributed by atoms with Crippen LogP contribution in [0.5, 0.6) is 5.75 Å². The number of amides is 1. The van der Waals surface area contributed by atoms with Crippen LogP contribution in [0.25, 0.3) is 0 Å². The van der Waals surface area contributed by atoms with E-state index < -0.39 is 52.2 Å². The summed E-state index contributed by atoms with van der Waals surface area (Å²) in [7, 11) is 3.53. The summed E-state index contributed by atoms with van der Waals surface area (Å²) in [6.07, 6.45) is 1.37. The van der Waals surface area contributed by atoms with Crippen molar-refractivity contribution in [1.29, 1.82) is 0 Å². The molecule has 2 N–H and O–H groups in total. The zero-order chi connectivity index (χ0) is 21.0. The van der Waals surface area contributed by atoms with Crippen LogP contribution in [0.1, 0.15) is 26.4 Å². The number of hydrogen-bond donors (Lipinski definition) is 2. The van der Waals surface area contributed by atoms with Gasteiger partial charge in [-0.1, -0.05) is 0 Å². The fraction of sp³-hybridized carbons (Fsp3) is 0.278. The number of halogens is 3. The summed E-state index contributed by atoms with van der Waals surface area (Å²) in [5.74, 6) is -5.41. The van der Waals surface area contributed by atoms with Crippen molar-refractivity contribution in [2.75, 3.05) is 20.6 Å². The quantitative estimate of drug-likeness (QED) is 0.687. The Morgan fingerprint density at radius 1 is 1.25 bits per heavy atom. The number of nitrogens with zero attached hydrogens (tertiary/aromatic N) is 2. The van der Waals surface area contributed by atoms with E-state index in [1.54, 1.807) is 19.0 Å². The van der Waals surface area contributed by atoms with Crippen molar-refractivity contribution in [2.24, 2.45) is 0 Å². The highest BCUT2D eigenvalue weighted by atomic mass is 19.1. The molecule has 7 nitrogen and oxygen atoms in total. The van der Waals surface area contributed by atoms with E-state index in [1.807, 2.05) is 0 Å². The normalized spacial score (nSPS) is 10.9. The van der Waals surface area contributed by atoms with Gasteiger partial charge in [0.15, 0.2) is 12.0 Å². The Labute approximate surface area is 158 Å². The molecule has 0 aliphatic heterocycles. The number of hydrogen-bond acceptors (Lipinski definition) is 5. The molecule has 0 aliphatic rings. The molecule has 0 atom stereocenters. The van der Waals surface area contributed by atoms with Crippen molar-refractivity contribution in [1.82, 2.24) is 14.8 Å². The third-order valence-electron chi connectivity index (χ3n) is 3.97. The van der Waals surface area contributed by atoms with Gasteiger partial charge in [0.25, 0.3) is 5.91 Å². The van der Waals surface area contributed by atoms with Crippen LogP contribution >= 0.6 is 0 Å². The lowest BCUT2D eigenvalue weighted by Gasteiger charge is -2.16. The average molecular weight is 397 g/mol. The molecule has 1 aromatic carbocycles. The average Bonchev–Trinajstić information content (AvgIpc) is 2.61. The minimum atomic E-state index is -1.19. The number of carbonyl (C=O) groups is 2. The maximum absolute atomic E-state index is 13.7. The fourth-order valence-corrected chi connectivity index (χ4v) is 2.45. The van der Waals surface area contributed by atoms with Gasteiger partial charge < -0.3 is 19.9 Å². The van der Waals surface area contributed by atoms with Crippen LogP contribution in [0, 0.1) is 17.5 Å². The molecule has 0 saturated carbocycles. The predicted molar refractivity (Wildman–Crippen MR) is 93.8 cm³/mol. The van der Waals surface area contributed by atoms with Crippen molar-refractivity contribution in [3.8, 4) is 5.75 Å². The van der Waals surface area contributed by atoms with Gasteiger partial charge in [0.2, 0.25) is 5.43 Å². The Balaban J connectivity index is 2.32. The molecule has 0 aliphatic carbocycles. The minimum absolute atomic E-state index is 0.191. The van der Waals surface area contributed by atoms with Gasteiger partial charge in [0.05, 0.1) is 0 Å². The van der Waals surface area contributed by atoms with Gasteiger partial charge in [0.1, 0.15) is 28.7 Å². The number of pyridine rings is 1. The van der Waals surface area contributed by atoms with Gasteiger partial charge in [-0.3, -0.25) is 14.4 Å². The number of likely N-dealkylation sites (N-methyl/N-ethyl adjacent to an activating group) is 1. The molecule has 0 fully saturated rings. The summed E-state index contributed by atoms with van der Waals surface area (Å²) in [6.45, 7) is -0.0171. The summed E-state index contributed by atoms with van der Waals surface area (Å²) in [4.78, 5) is 37.5. The highest BCUT2D eigenvalue weighted by Crippen LogP contribution is 2.15. The van der Waals surface area contributed by atoms with Crippen molar-refractivity contribution >= 4 is 12.2 Å². The molecule has 1 aromatic heterocycles. The maximum atomic E-state index is 13.7. The largest absolute Gasteiger partial charge is 0.503 e. The topological polar surface area (TPSA) is 91.6 Å². The summed E-state index contributed by atoms with van der Waals surface area (Å²) < 4.78 is 41.5. The zero-order valence-electron chi connectivity index (χ0n) is 15.1. The van der Waals surface area contributed by atoms with Gasteiger partial charge in [0, 0.05) is 43.5 Å². The molecular weight excluding hydrogens is 379 g/mol. The van der Waals surface area contributed by atoms with Crippen LogP contribution in [-0.2, 0) is 13.1 Å². The van der Waals surface area contributed by atoms with Crippen LogP contribution in [0.2, 0.25) is 0 Å². The van der Waals surface area contributed by atoms with Crippen LogP contribution < -0.4 is 10.7 Å². The molecule has 0 bridgehead atoms. The zero-order valence-corrected chi connectivity index (χ0v) is 15.1. The molecule has 2 rings (SSSR count). The maximum Gasteiger partial charge on any atom is 0.257 e. The summed E-state index contributed by atoms with van der Waals surface area (Å²) >= 11 is 0.